The highest BCUT2D eigenvalue weighted by Crippen LogP contribution is 2.33. The molecule has 6 heteroatoms. The van der Waals surface area contributed by atoms with E-state index in [1.807, 2.05) is 32.0 Å². The van der Waals surface area contributed by atoms with Crippen molar-refractivity contribution in [3.8, 4) is 0 Å². The zero-order valence-electron chi connectivity index (χ0n) is 12.6. The molecule has 1 aliphatic rings. The molecule has 1 saturated heterocycles. The number of carbonyl (C=O) groups excluding carboxylic acids is 1. The van der Waals surface area contributed by atoms with E-state index in [0.29, 0.717) is 11.6 Å². The summed E-state index contributed by atoms with van der Waals surface area (Å²) in [6.45, 7) is 4.52. The van der Waals surface area contributed by atoms with Crippen LogP contribution in [0.2, 0.25) is 5.02 Å². The molecule has 1 fully saturated rings. The number of rotatable bonds is 2. The lowest BCUT2D eigenvalue weighted by Gasteiger charge is -2.23. The monoisotopic (exact) mass is 319 g/mol. The second-order valence-corrected chi connectivity index (χ2v) is 6.05. The molecule has 1 aliphatic heterocycles. The summed E-state index contributed by atoms with van der Waals surface area (Å²) in [5.74, 6) is 0.743. The number of halogens is 1. The minimum absolute atomic E-state index is 0.0549. The number of aryl methyl sites for hydroxylation is 2. The minimum atomic E-state index is -0.137. The summed E-state index contributed by atoms with van der Waals surface area (Å²) >= 11 is 6.00. The Morgan fingerprint density at radius 3 is 2.95 bits per heavy atom. The zero-order chi connectivity index (χ0) is 15.7. The summed E-state index contributed by atoms with van der Waals surface area (Å²) in [4.78, 5) is 14.4. The van der Waals surface area contributed by atoms with Crippen LogP contribution in [0.1, 0.15) is 35.9 Å². The topological polar surface area (TPSA) is 58.4 Å². The van der Waals surface area contributed by atoms with Crippen molar-refractivity contribution in [2.45, 2.75) is 32.7 Å². The molecule has 2 amide bonds. The van der Waals surface area contributed by atoms with E-state index < -0.39 is 0 Å². The predicted molar refractivity (Wildman–Crippen MR) is 85.1 cm³/mol. The molecule has 3 rings (SSSR count). The maximum atomic E-state index is 12.6. The van der Waals surface area contributed by atoms with Gasteiger partial charge in [-0.05, 0) is 44.4 Å². The van der Waals surface area contributed by atoms with Gasteiger partial charge in [-0.15, -0.1) is 0 Å². The molecule has 1 atom stereocenters. The molecule has 0 spiro atoms. The van der Waals surface area contributed by atoms with Gasteiger partial charge in [-0.25, -0.2) is 4.79 Å². The van der Waals surface area contributed by atoms with Gasteiger partial charge in [0.15, 0.2) is 5.76 Å². The SMILES string of the molecule is Cc1cc([C@@H]2CCCN2C(=O)Nc2cc(Cl)ccc2C)on1. The molecule has 0 radical (unpaired) electrons. The fourth-order valence-electron chi connectivity index (χ4n) is 2.76. The van der Waals surface area contributed by atoms with Gasteiger partial charge in [-0.3, -0.25) is 0 Å². The van der Waals surface area contributed by atoms with Crippen molar-refractivity contribution in [3.63, 3.8) is 0 Å². The van der Waals surface area contributed by atoms with Crippen molar-refractivity contribution < 1.29 is 9.32 Å². The minimum Gasteiger partial charge on any atom is -0.359 e. The molecule has 2 aromatic rings. The zero-order valence-corrected chi connectivity index (χ0v) is 13.4. The maximum Gasteiger partial charge on any atom is 0.322 e. The van der Waals surface area contributed by atoms with E-state index in [1.54, 1.807) is 11.0 Å². The van der Waals surface area contributed by atoms with E-state index in [1.165, 1.54) is 0 Å². The van der Waals surface area contributed by atoms with E-state index in [-0.39, 0.29) is 12.1 Å². The van der Waals surface area contributed by atoms with Gasteiger partial charge in [0.25, 0.3) is 0 Å². The number of aromatic nitrogens is 1. The first-order chi connectivity index (χ1) is 10.5. The van der Waals surface area contributed by atoms with Crippen LogP contribution in [0.3, 0.4) is 0 Å². The van der Waals surface area contributed by atoms with Gasteiger partial charge >= 0.3 is 6.03 Å². The summed E-state index contributed by atoms with van der Waals surface area (Å²) in [5, 5.41) is 7.46. The number of hydrogen-bond acceptors (Lipinski definition) is 3. The van der Waals surface area contributed by atoms with Crippen LogP contribution in [0.15, 0.2) is 28.8 Å². The first-order valence-electron chi connectivity index (χ1n) is 7.31. The number of carbonyl (C=O) groups is 1. The van der Waals surface area contributed by atoms with E-state index in [0.717, 1.165) is 35.5 Å². The smallest absolute Gasteiger partial charge is 0.322 e. The normalized spacial score (nSPS) is 17.8. The number of likely N-dealkylation sites (tertiary alicyclic amines) is 1. The molecule has 0 bridgehead atoms. The Labute approximate surface area is 134 Å². The van der Waals surface area contributed by atoms with Crippen LogP contribution < -0.4 is 5.32 Å². The van der Waals surface area contributed by atoms with Crippen molar-refractivity contribution in [2.75, 3.05) is 11.9 Å². The van der Waals surface area contributed by atoms with Crippen molar-refractivity contribution in [1.29, 1.82) is 0 Å². The van der Waals surface area contributed by atoms with Crippen molar-refractivity contribution >= 4 is 23.3 Å². The first-order valence-corrected chi connectivity index (χ1v) is 7.69. The second kappa shape index (κ2) is 6.01. The van der Waals surface area contributed by atoms with Crippen molar-refractivity contribution in [1.82, 2.24) is 10.1 Å². The molecule has 1 aromatic heterocycles. The van der Waals surface area contributed by atoms with Gasteiger partial charge in [0.2, 0.25) is 0 Å². The van der Waals surface area contributed by atoms with Gasteiger partial charge in [0.1, 0.15) is 0 Å². The van der Waals surface area contributed by atoms with Crippen LogP contribution in [-0.4, -0.2) is 22.6 Å². The highest BCUT2D eigenvalue weighted by Gasteiger charge is 2.32. The van der Waals surface area contributed by atoms with Gasteiger partial charge < -0.3 is 14.7 Å². The van der Waals surface area contributed by atoms with E-state index >= 15 is 0 Å². The summed E-state index contributed by atoms with van der Waals surface area (Å²) < 4.78 is 5.33. The molecule has 1 aromatic carbocycles. The fourth-order valence-corrected chi connectivity index (χ4v) is 2.93. The quantitative estimate of drug-likeness (QED) is 0.897. The fraction of sp³-hybridized carbons (Fsp3) is 0.375. The molecule has 2 heterocycles. The Morgan fingerprint density at radius 2 is 2.23 bits per heavy atom. The van der Waals surface area contributed by atoms with Crippen LogP contribution in [0.4, 0.5) is 10.5 Å². The molecular formula is C16H18ClN3O2. The van der Waals surface area contributed by atoms with Gasteiger partial charge in [0, 0.05) is 23.3 Å². The van der Waals surface area contributed by atoms with Crippen molar-refractivity contribution in [3.05, 3.63) is 46.3 Å². The Bertz CT molecular complexity index is 698. The molecule has 116 valence electrons. The van der Waals surface area contributed by atoms with Crippen LogP contribution in [-0.2, 0) is 0 Å². The first kappa shape index (κ1) is 14.9. The summed E-state index contributed by atoms with van der Waals surface area (Å²) in [5.41, 5.74) is 2.54. The van der Waals surface area contributed by atoms with Gasteiger partial charge in [-0.2, -0.15) is 0 Å². The second-order valence-electron chi connectivity index (χ2n) is 5.61. The van der Waals surface area contributed by atoms with Crippen LogP contribution >= 0.6 is 11.6 Å². The summed E-state index contributed by atoms with van der Waals surface area (Å²) in [6.07, 6.45) is 1.84. The molecule has 22 heavy (non-hydrogen) atoms. The predicted octanol–water partition coefficient (Wildman–Crippen LogP) is 4.31. The lowest BCUT2D eigenvalue weighted by Crippen LogP contribution is -2.34. The highest BCUT2D eigenvalue weighted by molar-refractivity contribution is 6.31. The van der Waals surface area contributed by atoms with Crippen LogP contribution in [0.5, 0.6) is 0 Å². The molecule has 1 N–H and O–H groups in total. The lowest BCUT2D eigenvalue weighted by atomic mass is 10.1. The average Bonchev–Trinajstić information content (AvgIpc) is 3.11. The number of nitrogens with zero attached hydrogens (tertiary/aromatic N) is 2. The van der Waals surface area contributed by atoms with E-state index in [9.17, 15) is 4.79 Å². The summed E-state index contributed by atoms with van der Waals surface area (Å²) in [6, 6.07) is 7.16. The Balaban J connectivity index is 1.77. The summed E-state index contributed by atoms with van der Waals surface area (Å²) in [7, 11) is 0. The lowest BCUT2D eigenvalue weighted by molar-refractivity contribution is 0.195. The largest absolute Gasteiger partial charge is 0.359 e. The van der Waals surface area contributed by atoms with Gasteiger partial charge in [-0.1, -0.05) is 22.8 Å². The maximum absolute atomic E-state index is 12.6. The Hall–Kier alpha value is -2.01. The van der Waals surface area contributed by atoms with Crippen LogP contribution in [0.25, 0.3) is 0 Å². The standard InChI is InChI=1S/C16H18ClN3O2/c1-10-5-6-12(17)9-13(10)18-16(21)20-7-3-4-14(20)15-8-11(2)19-22-15/h5-6,8-9,14H,3-4,7H2,1-2H3,(H,18,21)/t14-/m0/s1. The average molecular weight is 320 g/mol. The molecule has 0 saturated carbocycles. The number of hydrogen-bond donors (Lipinski definition) is 1. The van der Waals surface area contributed by atoms with E-state index in [2.05, 4.69) is 10.5 Å². The molecule has 0 unspecified atom stereocenters. The molecular weight excluding hydrogens is 302 g/mol. The number of benzene rings is 1. The van der Waals surface area contributed by atoms with Crippen molar-refractivity contribution in [2.24, 2.45) is 0 Å². The number of urea groups is 1. The Morgan fingerprint density at radius 1 is 1.41 bits per heavy atom. The third-order valence-corrected chi connectivity index (χ3v) is 4.16. The van der Waals surface area contributed by atoms with Gasteiger partial charge in [0.05, 0.1) is 11.7 Å². The Kier molecular flexibility index (Phi) is 4.07. The third-order valence-electron chi connectivity index (χ3n) is 3.93. The van der Waals surface area contributed by atoms with E-state index in [4.69, 9.17) is 16.1 Å². The molecule has 0 aliphatic carbocycles. The number of nitrogens with one attached hydrogen (secondary N) is 1. The number of amides is 2. The molecule has 5 nitrogen and oxygen atoms in total. The number of anilines is 1. The van der Waals surface area contributed by atoms with Crippen LogP contribution in [0, 0.1) is 13.8 Å². The third kappa shape index (κ3) is 2.95. The highest BCUT2D eigenvalue weighted by atomic mass is 35.5.